The van der Waals surface area contributed by atoms with E-state index in [1.54, 1.807) is 0 Å². The van der Waals surface area contributed by atoms with Gasteiger partial charge in [-0.2, -0.15) is 0 Å². The smallest absolute Gasteiger partial charge is 0.0901 e. The molecule has 2 rings (SSSR count). The molecular formula is C10H15IN2. The highest BCUT2D eigenvalue weighted by molar-refractivity contribution is 14.0. The molecule has 0 fully saturated rings. The minimum absolute atomic E-state index is 0. The van der Waals surface area contributed by atoms with E-state index in [4.69, 9.17) is 0 Å². The summed E-state index contributed by atoms with van der Waals surface area (Å²) in [5.41, 5.74) is 2.71. The second kappa shape index (κ2) is 4.17. The summed E-state index contributed by atoms with van der Waals surface area (Å²) in [6.07, 6.45) is 0. The first-order chi connectivity index (χ1) is 5.83. The molecule has 0 saturated heterocycles. The van der Waals surface area contributed by atoms with Crippen molar-refractivity contribution in [2.45, 2.75) is 6.92 Å². The average Bonchev–Trinajstić information content (AvgIpc) is 2.44. The lowest BCUT2D eigenvalue weighted by Crippen LogP contribution is -2.27. The van der Waals surface area contributed by atoms with E-state index in [2.05, 4.69) is 48.0 Å². The van der Waals surface area contributed by atoms with Crippen LogP contribution in [0.25, 0.3) is 0 Å². The van der Waals surface area contributed by atoms with E-state index in [9.17, 15) is 0 Å². The normalized spacial score (nSPS) is 14.0. The van der Waals surface area contributed by atoms with E-state index in [1.165, 1.54) is 11.4 Å². The van der Waals surface area contributed by atoms with E-state index >= 15 is 0 Å². The molecule has 0 amide bonds. The van der Waals surface area contributed by atoms with Crippen LogP contribution in [0.4, 0.5) is 11.4 Å². The Labute approximate surface area is 96.5 Å². The highest BCUT2D eigenvalue weighted by atomic mass is 127. The van der Waals surface area contributed by atoms with Gasteiger partial charge in [0.2, 0.25) is 0 Å². The van der Waals surface area contributed by atoms with Crippen molar-refractivity contribution in [2.24, 2.45) is 0 Å². The number of halogens is 1. The fraction of sp³-hybridized carbons (Fsp3) is 0.400. The highest BCUT2D eigenvalue weighted by Crippen LogP contribution is 2.33. The molecule has 0 N–H and O–H groups in total. The molecule has 0 radical (unpaired) electrons. The van der Waals surface area contributed by atoms with Gasteiger partial charge < -0.3 is 9.80 Å². The molecule has 0 saturated carbocycles. The van der Waals surface area contributed by atoms with Gasteiger partial charge in [-0.05, 0) is 19.1 Å². The molecule has 1 aromatic rings. The Hall–Kier alpha value is -0.450. The maximum atomic E-state index is 2.37. The van der Waals surface area contributed by atoms with Crippen LogP contribution >= 0.6 is 24.0 Å². The molecule has 0 aromatic heterocycles. The monoisotopic (exact) mass is 290 g/mol. The summed E-state index contributed by atoms with van der Waals surface area (Å²) in [6.45, 7) is 4.30. The fourth-order valence-electron chi connectivity index (χ4n) is 1.73. The number of fused-ring (bicyclic) bond motifs is 1. The van der Waals surface area contributed by atoms with Gasteiger partial charge in [0.15, 0.2) is 0 Å². The molecule has 0 atom stereocenters. The average molecular weight is 290 g/mol. The van der Waals surface area contributed by atoms with E-state index in [-0.39, 0.29) is 24.0 Å². The largest absolute Gasteiger partial charge is 0.355 e. The van der Waals surface area contributed by atoms with Gasteiger partial charge in [-0.25, -0.2) is 0 Å². The SMILES string of the molecule is CCN1CN(C)c2ccccc21.I. The Morgan fingerprint density at radius 2 is 1.85 bits per heavy atom. The van der Waals surface area contributed by atoms with Crippen LogP contribution in [-0.2, 0) is 0 Å². The summed E-state index contributed by atoms with van der Waals surface area (Å²) in [5.74, 6) is 0. The number of hydrogen-bond donors (Lipinski definition) is 0. The van der Waals surface area contributed by atoms with Crippen LogP contribution in [0.3, 0.4) is 0 Å². The lowest BCUT2D eigenvalue weighted by atomic mass is 10.2. The first-order valence-corrected chi connectivity index (χ1v) is 4.38. The molecule has 72 valence electrons. The Balaban J connectivity index is 0.000000845. The van der Waals surface area contributed by atoms with Crippen molar-refractivity contribution in [1.82, 2.24) is 0 Å². The second-order valence-corrected chi connectivity index (χ2v) is 3.18. The van der Waals surface area contributed by atoms with Crippen LogP contribution < -0.4 is 9.80 Å². The number of rotatable bonds is 1. The van der Waals surface area contributed by atoms with Crippen molar-refractivity contribution in [3.63, 3.8) is 0 Å². The molecule has 1 aliphatic heterocycles. The minimum atomic E-state index is 0. The predicted molar refractivity (Wildman–Crippen MR) is 68.1 cm³/mol. The summed E-state index contributed by atoms with van der Waals surface area (Å²) in [6, 6.07) is 8.54. The summed E-state index contributed by atoms with van der Waals surface area (Å²) in [4.78, 5) is 4.65. The van der Waals surface area contributed by atoms with E-state index < -0.39 is 0 Å². The standard InChI is InChI=1S/C10H14N2.HI/c1-3-12-8-11(2)9-6-4-5-7-10(9)12;/h4-7H,3,8H2,1-2H3;1H. The van der Waals surface area contributed by atoms with Gasteiger partial charge in [-0.15, -0.1) is 24.0 Å². The van der Waals surface area contributed by atoms with Gasteiger partial charge in [0, 0.05) is 13.6 Å². The number of anilines is 2. The van der Waals surface area contributed by atoms with Crippen molar-refractivity contribution in [3.05, 3.63) is 24.3 Å². The van der Waals surface area contributed by atoms with Crippen LogP contribution in [-0.4, -0.2) is 20.3 Å². The molecule has 0 aliphatic carbocycles. The molecule has 13 heavy (non-hydrogen) atoms. The highest BCUT2D eigenvalue weighted by Gasteiger charge is 2.20. The van der Waals surface area contributed by atoms with Crippen LogP contribution in [0.1, 0.15) is 6.92 Å². The van der Waals surface area contributed by atoms with Gasteiger partial charge in [0.25, 0.3) is 0 Å². The molecule has 0 spiro atoms. The Bertz CT molecular complexity index is 288. The summed E-state index contributed by atoms with van der Waals surface area (Å²) in [7, 11) is 2.13. The predicted octanol–water partition coefficient (Wildman–Crippen LogP) is 2.54. The van der Waals surface area contributed by atoms with E-state index in [1.807, 2.05) is 0 Å². The van der Waals surface area contributed by atoms with Crippen LogP contribution in [0.2, 0.25) is 0 Å². The van der Waals surface area contributed by atoms with Crippen molar-refractivity contribution in [1.29, 1.82) is 0 Å². The lowest BCUT2D eigenvalue weighted by molar-refractivity contribution is 0.844. The fourth-order valence-corrected chi connectivity index (χ4v) is 1.73. The number of nitrogens with zero attached hydrogens (tertiary/aromatic N) is 2. The van der Waals surface area contributed by atoms with E-state index in [0.29, 0.717) is 0 Å². The zero-order valence-electron chi connectivity index (χ0n) is 8.03. The van der Waals surface area contributed by atoms with Crippen LogP contribution in [0, 0.1) is 0 Å². The van der Waals surface area contributed by atoms with Crippen molar-refractivity contribution in [3.8, 4) is 0 Å². The van der Waals surface area contributed by atoms with Crippen LogP contribution in [0.15, 0.2) is 24.3 Å². The van der Waals surface area contributed by atoms with Crippen molar-refractivity contribution < 1.29 is 0 Å². The Kier molecular flexibility index (Phi) is 3.41. The van der Waals surface area contributed by atoms with Gasteiger partial charge >= 0.3 is 0 Å². The van der Waals surface area contributed by atoms with Gasteiger partial charge in [0.1, 0.15) is 0 Å². The molecule has 1 aromatic carbocycles. The molecule has 0 bridgehead atoms. The van der Waals surface area contributed by atoms with Crippen LogP contribution in [0.5, 0.6) is 0 Å². The zero-order chi connectivity index (χ0) is 8.55. The number of hydrogen-bond acceptors (Lipinski definition) is 2. The summed E-state index contributed by atoms with van der Waals surface area (Å²) >= 11 is 0. The lowest BCUT2D eigenvalue weighted by Gasteiger charge is -2.16. The van der Waals surface area contributed by atoms with Crippen molar-refractivity contribution >= 4 is 35.4 Å². The third-order valence-electron chi connectivity index (χ3n) is 2.40. The molecule has 1 heterocycles. The molecule has 1 aliphatic rings. The third-order valence-corrected chi connectivity index (χ3v) is 2.40. The quantitative estimate of drug-likeness (QED) is 0.733. The molecule has 3 heteroatoms. The minimum Gasteiger partial charge on any atom is -0.355 e. The Morgan fingerprint density at radius 1 is 1.23 bits per heavy atom. The summed E-state index contributed by atoms with van der Waals surface area (Å²) in [5, 5.41) is 0. The maximum Gasteiger partial charge on any atom is 0.0901 e. The topological polar surface area (TPSA) is 6.48 Å². The maximum absolute atomic E-state index is 2.37. The van der Waals surface area contributed by atoms with E-state index in [0.717, 1.165) is 13.2 Å². The number of para-hydroxylation sites is 2. The first-order valence-electron chi connectivity index (χ1n) is 4.38. The second-order valence-electron chi connectivity index (χ2n) is 3.18. The zero-order valence-corrected chi connectivity index (χ0v) is 10.4. The summed E-state index contributed by atoms with van der Waals surface area (Å²) < 4.78 is 0. The Morgan fingerprint density at radius 3 is 2.46 bits per heavy atom. The van der Waals surface area contributed by atoms with Gasteiger partial charge in [-0.3, -0.25) is 0 Å². The molecule has 0 unspecified atom stereocenters. The van der Waals surface area contributed by atoms with Gasteiger partial charge in [-0.1, -0.05) is 12.1 Å². The van der Waals surface area contributed by atoms with Crippen molar-refractivity contribution in [2.75, 3.05) is 30.1 Å². The number of benzene rings is 1. The van der Waals surface area contributed by atoms with Gasteiger partial charge in [0.05, 0.1) is 18.0 Å². The third kappa shape index (κ3) is 1.75. The first kappa shape index (κ1) is 10.6. The molecular weight excluding hydrogens is 275 g/mol. The molecule has 2 nitrogen and oxygen atoms in total.